The second-order valence-electron chi connectivity index (χ2n) is 5.34. The Morgan fingerprint density at radius 2 is 2.00 bits per heavy atom. The fourth-order valence-electron chi connectivity index (χ4n) is 2.51. The maximum absolute atomic E-state index is 4.53. The van der Waals surface area contributed by atoms with Crippen LogP contribution in [0.25, 0.3) is 0 Å². The van der Waals surface area contributed by atoms with Gasteiger partial charge in [0.1, 0.15) is 11.6 Å². The number of rotatable bonds is 5. The second kappa shape index (κ2) is 5.10. The highest BCUT2D eigenvalue weighted by molar-refractivity contribution is 5.43. The number of hydrogen-bond donors (Lipinski definition) is 1. The summed E-state index contributed by atoms with van der Waals surface area (Å²) >= 11 is 0. The van der Waals surface area contributed by atoms with Crippen molar-refractivity contribution in [1.82, 2.24) is 14.9 Å². The molecule has 0 unspecified atom stereocenters. The SMILES string of the molecule is CNc1cncc(N(C)CC2(N(C)C)CCC2)n1. The molecule has 1 aliphatic carbocycles. The minimum Gasteiger partial charge on any atom is -0.372 e. The topological polar surface area (TPSA) is 44.3 Å². The molecule has 0 radical (unpaired) electrons. The summed E-state index contributed by atoms with van der Waals surface area (Å²) in [5.41, 5.74) is 0.312. The van der Waals surface area contributed by atoms with E-state index in [1.165, 1.54) is 19.3 Å². The Morgan fingerprint density at radius 1 is 1.28 bits per heavy atom. The minimum atomic E-state index is 0.312. The number of hydrogen-bond acceptors (Lipinski definition) is 5. The Balaban J connectivity index is 2.09. The first kappa shape index (κ1) is 13.1. The van der Waals surface area contributed by atoms with Gasteiger partial charge in [-0.15, -0.1) is 0 Å². The van der Waals surface area contributed by atoms with Gasteiger partial charge in [0.2, 0.25) is 0 Å². The first-order valence-corrected chi connectivity index (χ1v) is 6.46. The molecule has 0 aliphatic heterocycles. The molecule has 2 rings (SSSR count). The average Bonchev–Trinajstić information content (AvgIpc) is 2.33. The molecule has 0 amide bonds. The van der Waals surface area contributed by atoms with Crippen molar-refractivity contribution >= 4 is 11.6 Å². The van der Waals surface area contributed by atoms with Crippen molar-refractivity contribution in [3.63, 3.8) is 0 Å². The molecular weight excluding hydrogens is 226 g/mol. The molecule has 1 aromatic rings. The molecule has 0 aromatic carbocycles. The molecule has 1 saturated carbocycles. The first-order chi connectivity index (χ1) is 8.57. The Morgan fingerprint density at radius 3 is 2.50 bits per heavy atom. The first-order valence-electron chi connectivity index (χ1n) is 6.46. The van der Waals surface area contributed by atoms with Gasteiger partial charge >= 0.3 is 0 Å². The van der Waals surface area contributed by atoms with E-state index in [-0.39, 0.29) is 0 Å². The maximum Gasteiger partial charge on any atom is 0.149 e. The van der Waals surface area contributed by atoms with Gasteiger partial charge in [0.25, 0.3) is 0 Å². The maximum atomic E-state index is 4.53. The van der Waals surface area contributed by atoms with E-state index in [0.29, 0.717) is 5.54 Å². The highest BCUT2D eigenvalue weighted by atomic mass is 15.3. The van der Waals surface area contributed by atoms with Crippen LogP contribution in [0.3, 0.4) is 0 Å². The normalized spacial score (nSPS) is 17.4. The van der Waals surface area contributed by atoms with Crippen LogP contribution >= 0.6 is 0 Å². The van der Waals surface area contributed by atoms with Crippen molar-refractivity contribution in [1.29, 1.82) is 0 Å². The highest BCUT2D eigenvalue weighted by Crippen LogP contribution is 2.37. The molecule has 18 heavy (non-hydrogen) atoms. The number of nitrogens with zero attached hydrogens (tertiary/aromatic N) is 4. The molecule has 5 nitrogen and oxygen atoms in total. The molecule has 1 fully saturated rings. The van der Waals surface area contributed by atoms with E-state index in [1.807, 2.05) is 13.2 Å². The molecule has 1 aliphatic rings. The van der Waals surface area contributed by atoms with Gasteiger partial charge in [-0.25, -0.2) is 4.98 Å². The minimum absolute atomic E-state index is 0.312. The molecule has 1 heterocycles. The Kier molecular flexibility index (Phi) is 3.71. The number of anilines is 2. The second-order valence-corrected chi connectivity index (χ2v) is 5.34. The largest absolute Gasteiger partial charge is 0.372 e. The van der Waals surface area contributed by atoms with Gasteiger partial charge < -0.3 is 15.1 Å². The molecule has 0 spiro atoms. The van der Waals surface area contributed by atoms with Crippen molar-refractivity contribution in [2.24, 2.45) is 0 Å². The summed E-state index contributed by atoms with van der Waals surface area (Å²) in [6, 6.07) is 0. The molecule has 5 heteroatoms. The molecule has 0 saturated heterocycles. The van der Waals surface area contributed by atoms with Gasteiger partial charge in [-0.05, 0) is 33.4 Å². The van der Waals surface area contributed by atoms with Gasteiger partial charge in [0, 0.05) is 26.2 Å². The lowest BCUT2D eigenvalue weighted by atomic mass is 9.75. The van der Waals surface area contributed by atoms with Crippen LogP contribution in [-0.2, 0) is 0 Å². The number of aromatic nitrogens is 2. The molecule has 0 atom stereocenters. The molecule has 0 bridgehead atoms. The van der Waals surface area contributed by atoms with Gasteiger partial charge in [-0.1, -0.05) is 0 Å². The van der Waals surface area contributed by atoms with Crippen LogP contribution in [0.4, 0.5) is 11.6 Å². The van der Waals surface area contributed by atoms with Crippen LogP contribution in [0.2, 0.25) is 0 Å². The fourth-order valence-corrected chi connectivity index (χ4v) is 2.51. The van der Waals surface area contributed by atoms with Crippen LogP contribution < -0.4 is 10.2 Å². The summed E-state index contributed by atoms with van der Waals surface area (Å²) in [5.74, 6) is 1.74. The van der Waals surface area contributed by atoms with E-state index in [4.69, 9.17) is 0 Å². The van der Waals surface area contributed by atoms with Gasteiger partial charge in [0.15, 0.2) is 0 Å². The third kappa shape index (κ3) is 2.41. The van der Waals surface area contributed by atoms with Crippen molar-refractivity contribution in [3.05, 3.63) is 12.4 Å². The standard InChI is InChI=1S/C13H23N5/c1-14-11-8-15-9-12(16-11)18(4)10-13(17(2)3)6-5-7-13/h8-9H,5-7,10H2,1-4H3,(H,14,16). The summed E-state index contributed by atoms with van der Waals surface area (Å²) in [5, 5.41) is 3.03. The quantitative estimate of drug-likeness (QED) is 0.855. The Hall–Kier alpha value is -1.36. The zero-order valence-corrected chi connectivity index (χ0v) is 11.8. The Labute approximate surface area is 109 Å². The predicted octanol–water partition coefficient (Wildman–Crippen LogP) is 1.44. The summed E-state index contributed by atoms with van der Waals surface area (Å²) < 4.78 is 0. The molecular formula is C13H23N5. The van der Waals surface area contributed by atoms with Crippen LogP contribution in [0.5, 0.6) is 0 Å². The smallest absolute Gasteiger partial charge is 0.149 e. The monoisotopic (exact) mass is 249 g/mol. The molecule has 1 N–H and O–H groups in total. The third-order valence-electron chi connectivity index (χ3n) is 4.03. The summed E-state index contributed by atoms with van der Waals surface area (Å²) in [4.78, 5) is 13.3. The van der Waals surface area contributed by atoms with E-state index in [1.54, 1.807) is 6.20 Å². The van der Waals surface area contributed by atoms with Crippen LogP contribution in [-0.4, -0.2) is 55.1 Å². The van der Waals surface area contributed by atoms with Crippen molar-refractivity contribution in [2.45, 2.75) is 24.8 Å². The lowest BCUT2D eigenvalue weighted by Gasteiger charge is -2.49. The van der Waals surface area contributed by atoms with Gasteiger partial charge in [-0.2, -0.15) is 0 Å². The lowest BCUT2D eigenvalue weighted by molar-refractivity contribution is 0.0682. The fraction of sp³-hybridized carbons (Fsp3) is 0.692. The van der Waals surface area contributed by atoms with Crippen LogP contribution in [0.1, 0.15) is 19.3 Å². The number of likely N-dealkylation sites (N-methyl/N-ethyl adjacent to an activating group) is 2. The average molecular weight is 249 g/mol. The van der Waals surface area contributed by atoms with Gasteiger partial charge in [-0.3, -0.25) is 4.98 Å². The summed E-state index contributed by atoms with van der Waals surface area (Å²) in [6.07, 6.45) is 7.42. The van der Waals surface area contributed by atoms with Crippen LogP contribution in [0.15, 0.2) is 12.4 Å². The van der Waals surface area contributed by atoms with Crippen molar-refractivity contribution in [3.8, 4) is 0 Å². The molecule has 100 valence electrons. The lowest BCUT2D eigenvalue weighted by Crippen LogP contribution is -2.56. The summed E-state index contributed by atoms with van der Waals surface area (Å²) in [6.45, 7) is 1.00. The Bertz CT molecular complexity index is 400. The highest BCUT2D eigenvalue weighted by Gasteiger charge is 2.40. The summed E-state index contributed by atoms with van der Waals surface area (Å²) in [7, 11) is 8.29. The van der Waals surface area contributed by atoms with Crippen molar-refractivity contribution in [2.75, 3.05) is 45.0 Å². The van der Waals surface area contributed by atoms with E-state index in [9.17, 15) is 0 Å². The molecule has 1 aromatic heterocycles. The third-order valence-corrected chi connectivity index (χ3v) is 4.03. The van der Waals surface area contributed by atoms with E-state index in [2.05, 4.69) is 46.2 Å². The number of nitrogens with one attached hydrogen (secondary N) is 1. The van der Waals surface area contributed by atoms with Crippen molar-refractivity contribution < 1.29 is 0 Å². The predicted molar refractivity (Wildman–Crippen MR) is 75.1 cm³/mol. The van der Waals surface area contributed by atoms with E-state index in [0.717, 1.165) is 18.2 Å². The van der Waals surface area contributed by atoms with Crippen LogP contribution in [0, 0.1) is 0 Å². The van der Waals surface area contributed by atoms with E-state index >= 15 is 0 Å². The van der Waals surface area contributed by atoms with Gasteiger partial charge in [0.05, 0.1) is 12.4 Å². The van der Waals surface area contributed by atoms with E-state index < -0.39 is 0 Å². The zero-order chi connectivity index (χ0) is 13.2. The zero-order valence-electron chi connectivity index (χ0n) is 11.8.